The predicted molar refractivity (Wildman–Crippen MR) is 95.1 cm³/mol. The lowest BCUT2D eigenvalue weighted by atomic mass is 9.48. The van der Waals surface area contributed by atoms with Gasteiger partial charge in [0.15, 0.2) is 0 Å². The minimum absolute atomic E-state index is 0.174. The van der Waals surface area contributed by atoms with Crippen molar-refractivity contribution < 1.29 is 4.74 Å². The standard InChI is InChI=1S/C20H22N4O/c1-25-19-3-2-16(23-24-17(11-21)12-22)7-18(19)20-8-13-4-14(9-20)6-15(5-13)10-20/h2-3,7,13-15,23H,4-6,8-10H2,1H3. The molecular weight excluding hydrogens is 312 g/mol. The maximum Gasteiger partial charge on any atom is 0.237 e. The molecule has 4 saturated carbocycles. The molecule has 0 amide bonds. The zero-order valence-corrected chi connectivity index (χ0v) is 14.5. The van der Waals surface area contributed by atoms with Crippen LogP contribution >= 0.6 is 0 Å². The van der Waals surface area contributed by atoms with Gasteiger partial charge in [0.05, 0.1) is 12.8 Å². The van der Waals surface area contributed by atoms with Crippen LogP contribution in [-0.2, 0) is 5.41 Å². The Labute approximate surface area is 148 Å². The quantitative estimate of drug-likeness (QED) is 0.667. The minimum atomic E-state index is -0.174. The van der Waals surface area contributed by atoms with Crippen molar-refractivity contribution in [2.75, 3.05) is 12.5 Å². The van der Waals surface area contributed by atoms with Crippen molar-refractivity contribution in [2.45, 2.75) is 43.9 Å². The molecule has 1 aromatic carbocycles. The molecule has 0 heterocycles. The second kappa shape index (κ2) is 6.08. The lowest BCUT2D eigenvalue weighted by Gasteiger charge is -2.57. The molecule has 0 spiro atoms. The van der Waals surface area contributed by atoms with Gasteiger partial charge in [-0.2, -0.15) is 15.6 Å². The number of hydrogen-bond donors (Lipinski definition) is 1. The Morgan fingerprint density at radius 3 is 2.24 bits per heavy atom. The minimum Gasteiger partial charge on any atom is -0.496 e. The Balaban J connectivity index is 1.69. The van der Waals surface area contributed by atoms with E-state index in [4.69, 9.17) is 15.3 Å². The van der Waals surface area contributed by atoms with Gasteiger partial charge in [0.25, 0.3) is 0 Å². The van der Waals surface area contributed by atoms with E-state index in [-0.39, 0.29) is 11.1 Å². The number of methoxy groups -OCH3 is 1. The SMILES string of the molecule is COc1ccc(NN=C(C#N)C#N)cc1C12CC3CC(CC(C3)C1)C2. The van der Waals surface area contributed by atoms with E-state index in [1.54, 1.807) is 19.2 Å². The van der Waals surface area contributed by atoms with E-state index >= 15 is 0 Å². The first-order valence-electron chi connectivity index (χ1n) is 8.98. The van der Waals surface area contributed by atoms with Crippen molar-refractivity contribution in [1.29, 1.82) is 10.5 Å². The number of ether oxygens (including phenoxy) is 1. The highest BCUT2D eigenvalue weighted by Crippen LogP contribution is 2.62. The Morgan fingerprint density at radius 1 is 1.12 bits per heavy atom. The van der Waals surface area contributed by atoms with Gasteiger partial charge in [-0.15, -0.1) is 0 Å². The maximum atomic E-state index is 8.83. The molecule has 4 fully saturated rings. The average molecular weight is 334 g/mol. The number of rotatable bonds is 4. The van der Waals surface area contributed by atoms with Gasteiger partial charge in [0, 0.05) is 5.56 Å². The molecule has 128 valence electrons. The van der Waals surface area contributed by atoms with E-state index in [0.717, 1.165) is 29.2 Å². The molecule has 0 aliphatic heterocycles. The van der Waals surface area contributed by atoms with Gasteiger partial charge in [-0.25, -0.2) is 0 Å². The van der Waals surface area contributed by atoms with Crippen molar-refractivity contribution in [3.8, 4) is 17.9 Å². The monoisotopic (exact) mass is 334 g/mol. The molecule has 0 aromatic heterocycles. The first kappa shape index (κ1) is 16.0. The van der Waals surface area contributed by atoms with Crippen LogP contribution in [0.5, 0.6) is 5.75 Å². The molecule has 5 nitrogen and oxygen atoms in total. The number of nitrogens with one attached hydrogen (secondary N) is 1. The van der Waals surface area contributed by atoms with Gasteiger partial charge in [-0.3, -0.25) is 5.43 Å². The molecule has 0 radical (unpaired) electrons. The third-order valence-electron chi connectivity index (χ3n) is 6.32. The van der Waals surface area contributed by atoms with Gasteiger partial charge in [0.2, 0.25) is 5.71 Å². The Hall–Kier alpha value is -2.53. The third kappa shape index (κ3) is 2.74. The average Bonchev–Trinajstić information content (AvgIpc) is 2.61. The van der Waals surface area contributed by atoms with E-state index < -0.39 is 0 Å². The number of hydrazone groups is 1. The summed E-state index contributed by atoms with van der Waals surface area (Å²) in [5, 5.41) is 21.5. The van der Waals surface area contributed by atoms with Gasteiger partial charge in [-0.1, -0.05) is 0 Å². The van der Waals surface area contributed by atoms with E-state index in [0.29, 0.717) is 0 Å². The third-order valence-corrected chi connectivity index (χ3v) is 6.32. The van der Waals surface area contributed by atoms with Gasteiger partial charge >= 0.3 is 0 Å². The molecule has 0 atom stereocenters. The number of nitrogens with zero attached hydrogens (tertiary/aromatic N) is 3. The second-order valence-electron chi connectivity index (χ2n) is 7.91. The van der Waals surface area contributed by atoms with E-state index in [1.165, 1.54) is 44.1 Å². The van der Waals surface area contributed by atoms with Crippen LogP contribution in [0.1, 0.15) is 44.1 Å². The van der Waals surface area contributed by atoms with Crippen LogP contribution in [-0.4, -0.2) is 12.8 Å². The highest BCUT2D eigenvalue weighted by atomic mass is 16.5. The van der Waals surface area contributed by atoms with Crippen LogP contribution < -0.4 is 10.2 Å². The lowest BCUT2D eigenvalue weighted by molar-refractivity contribution is -0.00613. The highest BCUT2D eigenvalue weighted by molar-refractivity contribution is 6.10. The summed E-state index contributed by atoms with van der Waals surface area (Å²) < 4.78 is 5.69. The zero-order chi connectivity index (χ0) is 17.4. The molecule has 1 N–H and O–H groups in total. The topological polar surface area (TPSA) is 81.2 Å². The molecule has 5 rings (SSSR count). The van der Waals surface area contributed by atoms with Crippen molar-refractivity contribution in [2.24, 2.45) is 22.9 Å². The van der Waals surface area contributed by atoms with E-state index in [2.05, 4.69) is 16.6 Å². The van der Waals surface area contributed by atoms with Crippen LogP contribution in [0.4, 0.5) is 5.69 Å². The molecular formula is C20H22N4O. The van der Waals surface area contributed by atoms with Crippen LogP contribution in [0.25, 0.3) is 0 Å². The van der Waals surface area contributed by atoms with Crippen LogP contribution in [0.15, 0.2) is 23.3 Å². The summed E-state index contributed by atoms with van der Waals surface area (Å²) in [7, 11) is 1.73. The van der Waals surface area contributed by atoms with Crippen LogP contribution in [0.3, 0.4) is 0 Å². The van der Waals surface area contributed by atoms with E-state index in [9.17, 15) is 0 Å². The molecule has 25 heavy (non-hydrogen) atoms. The highest BCUT2D eigenvalue weighted by Gasteiger charge is 2.52. The van der Waals surface area contributed by atoms with Crippen molar-refractivity contribution in [3.05, 3.63) is 23.8 Å². The van der Waals surface area contributed by atoms with E-state index in [1.807, 2.05) is 12.1 Å². The molecule has 5 heteroatoms. The summed E-state index contributed by atoms with van der Waals surface area (Å²) in [6.45, 7) is 0. The number of benzene rings is 1. The first-order chi connectivity index (χ1) is 12.2. The normalized spacial score (nSPS) is 31.7. The first-order valence-corrected chi connectivity index (χ1v) is 8.98. The molecule has 4 aliphatic rings. The summed E-state index contributed by atoms with van der Waals surface area (Å²) in [5.41, 5.74) is 4.97. The molecule has 1 aromatic rings. The fraction of sp³-hybridized carbons (Fsp3) is 0.550. The summed E-state index contributed by atoms with van der Waals surface area (Å²) in [4.78, 5) is 0. The Kier molecular flexibility index (Phi) is 3.88. The molecule has 0 unspecified atom stereocenters. The van der Waals surface area contributed by atoms with Crippen molar-refractivity contribution in [1.82, 2.24) is 0 Å². The second-order valence-corrected chi connectivity index (χ2v) is 7.91. The van der Waals surface area contributed by atoms with Crippen LogP contribution in [0, 0.1) is 40.4 Å². The fourth-order valence-electron chi connectivity index (χ4n) is 5.83. The summed E-state index contributed by atoms with van der Waals surface area (Å²) in [5.74, 6) is 3.51. The van der Waals surface area contributed by atoms with Gasteiger partial charge in [-0.05, 0) is 79.9 Å². The number of nitriles is 2. The summed E-state index contributed by atoms with van der Waals surface area (Å²) in [6.07, 6.45) is 7.96. The van der Waals surface area contributed by atoms with Crippen LogP contribution in [0.2, 0.25) is 0 Å². The summed E-state index contributed by atoms with van der Waals surface area (Å²) >= 11 is 0. The lowest BCUT2D eigenvalue weighted by Crippen LogP contribution is -2.48. The van der Waals surface area contributed by atoms with Gasteiger partial charge < -0.3 is 4.74 Å². The fourth-order valence-corrected chi connectivity index (χ4v) is 5.83. The Bertz CT molecular complexity index is 748. The number of anilines is 1. The molecule has 4 bridgehead atoms. The number of hydrogen-bond acceptors (Lipinski definition) is 5. The molecule has 0 saturated heterocycles. The zero-order valence-electron chi connectivity index (χ0n) is 14.5. The van der Waals surface area contributed by atoms with Crippen molar-refractivity contribution >= 4 is 11.4 Å². The maximum absolute atomic E-state index is 8.83. The summed E-state index contributed by atoms with van der Waals surface area (Å²) in [6, 6.07) is 9.52. The van der Waals surface area contributed by atoms with Gasteiger partial charge in [0.1, 0.15) is 17.9 Å². The van der Waals surface area contributed by atoms with Crippen molar-refractivity contribution in [3.63, 3.8) is 0 Å². The smallest absolute Gasteiger partial charge is 0.237 e. The largest absolute Gasteiger partial charge is 0.496 e. The predicted octanol–water partition coefficient (Wildman–Crippen LogP) is 3.98. The molecule has 4 aliphatic carbocycles. The Morgan fingerprint density at radius 2 is 1.72 bits per heavy atom.